The molecular weight excluding hydrogens is 611 g/mol. The number of H-pyrrole nitrogens is 1. The van der Waals surface area contributed by atoms with Gasteiger partial charge in [-0.1, -0.05) is 12.8 Å². The van der Waals surface area contributed by atoms with Crippen LogP contribution < -0.4 is 9.80 Å². The van der Waals surface area contributed by atoms with Crippen molar-refractivity contribution < 1.29 is 27.8 Å². The molecule has 1 saturated heterocycles. The van der Waals surface area contributed by atoms with Crippen LogP contribution in [0, 0.1) is 22.7 Å². The quantitative estimate of drug-likeness (QED) is 0.208. The standard InChI is InChI=1S/C34H36F3N7O3/c1-43(19-33(20-47-2)11-3-4-12-33)28-16-26(23-15-25(34(35,36)37)27(17-38)39-18-23)40-31-29(28)41-30(42-31)21-5-7-24(8-6-21)44-13-9-22(10-14-44)32(45)46/h5-8,15-16,18,22H,3-4,9-14,19-20H2,1-2H3,(H,45,46)(H,40,41,42). The topological polar surface area (TPSA) is 131 Å². The predicted molar refractivity (Wildman–Crippen MR) is 171 cm³/mol. The number of aromatic amines is 1. The zero-order chi connectivity index (χ0) is 33.3. The minimum atomic E-state index is -4.76. The van der Waals surface area contributed by atoms with E-state index in [2.05, 4.69) is 24.8 Å². The fourth-order valence-corrected chi connectivity index (χ4v) is 7.05. The van der Waals surface area contributed by atoms with Crippen LogP contribution in [-0.2, 0) is 15.7 Å². The molecule has 4 heterocycles. The fraction of sp³-hybridized carbons (Fsp3) is 0.441. The zero-order valence-electron chi connectivity index (χ0n) is 26.3. The summed E-state index contributed by atoms with van der Waals surface area (Å²) in [4.78, 5) is 32.3. The fourth-order valence-electron chi connectivity index (χ4n) is 7.05. The highest BCUT2D eigenvalue weighted by Crippen LogP contribution is 2.41. The molecule has 2 aliphatic rings. The van der Waals surface area contributed by atoms with Crippen LogP contribution in [0.4, 0.5) is 24.5 Å². The molecule has 1 aromatic carbocycles. The Balaban J connectivity index is 1.38. The van der Waals surface area contributed by atoms with Gasteiger partial charge in [0.1, 0.15) is 17.4 Å². The summed E-state index contributed by atoms with van der Waals surface area (Å²) in [7, 11) is 3.65. The molecule has 1 aliphatic carbocycles. The van der Waals surface area contributed by atoms with Gasteiger partial charge in [0.05, 0.1) is 29.5 Å². The van der Waals surface area contributed by atoms with Gasteiger partial charge in [-0.15, -0.1) is 0 Å². The van der Waals surface area contributed by atoms with Crippen LogP contribution in [-0.4, -0.2) is 71.4 Å². The van der Waals surface area contributed by atoms with E-state index in [0.717, 1.165) is 48.7 Å². The van der Waals surface area contributed by atoms with Gasteiger partial charge >= 0.3 is 12.1 Å². The number of pyridine rings is 2. The molecule has 4 aromatic rings. The van der Waals surface area contributed by atoms with E-state index in [9.17, 15) is 28.3 Å². The Morgan fingerprint density at radius 3 is 2.47 bits per heavy atom. The van der Waals surface area contributed by atoms with Crippen LogP contribution in [0.2, 0.25) is 0 Å². The van der Waals surface area contributed by atoms with E-state index in [-0.39, 0.29) is 22.6 Å². The number of alkyl halides is 3. The summed E-state index contributed by atoms with van der Waals surface area (Å²) in [5, 5.41) is 18.6. The van der Waals surface area contributed by atoms with Crippen LogP contribution in [0.15, 0.2) is 42.6 Å². The molecule has 0 amide bonds. The second-order valence-electron chi connectivity index (χ2n) is 12.7. The molecule has 0 atom stereocenters. The lowest BCUT2D eigenvalue weighted by atomic mass is 9.86. The van der Waals surface area contributed by atoms with Crippen LogP contribution in [0.3, 0.4) is 0 Å². The number of hydrogen-bond donors (Lipinski definition) is 2. The molecule has 2 fully saturated rings. The van der Waals surface area contributed by atoms with Gasteiger partial charge in [-0.05, 0) is 62.1 Å². The van der Waals surface area contributed by atoms with Gasteiger partial charge < -0.3 is 24.6 Å². The van der Waals surface area contributed by atoms with Gasteiger partial charge in [-0.25, -0.2) is 15.0 Å². The van der Waals surface area contributed by atoms with E-state index in [1.807, 2.05) is 31.3 Å². The largest absolute Gasteiger partial charge is 0.481 e. The summed E-state index contributed by atoms with van der Waals surface area (Å²) in [6.07, 6.45) is 1.89. The molecule has 0 spiro atoms. The van der Waals surface area contributed by atoms with Crippen LogP contribution in [0.1, 0.15) is 49.8 Å². The average molecular weight is 648 g/mol. The maximum Gasteiger partial charge on any atom is 0.419 e. The Kier molecular flexibility index (Phi) is 8.80. The zero-order valence-corrected chi connectivity index (χ0v) is 26.3. The van der Waals surface area contributed by atoms with E-state index >= 15 is 0 Å². The molecule has 0 unspecified atom stereocenters. The lowest BCUT2D eigenvalue weighted by Crippen LogP contribution is -2.37. The number of methoxy groups -OCH3 is 1. The van der Waals surface area contributed by atoms with E-state index in [0.29, 0.717) is 56.1 Å². The average Bonchev–Trinajstić information content (AvgIpc) is 3.71. The number of piperidine rings is 1. The Hall–Kier alpha value is -4.70. The number of aliphatic carboxylic acids is 1. The highest BCUT2D eigenvalue weighted by atomic mass is 19.4. The molecule has 0 bridgehead atoms. The number of fused-ring (bicyclic) bond motifs is 1. The first-order valence-corrected chi connectivity index (χ1v) is 15.7. The summed E-state index contributed by atoms with van der Waals surface area (Å²) in [5.74, 6) is -0.513. The Morgan fingerprint density at radius 1 is 1.15 bits per heavy atom. The van der Waals surface area contributed by atoms with Crippen molar-refractivity contribution >= 4 is 28.5 Å². The minimum absolute atomic E-state index is 0.0592. The third kappa shape index (κ3) is 6.60. The normalized spacial score (nSPS) is 16.8. The SMILES string of the molecule is COCC1(CN(C)c2cc(-c3cnc(C#N)c(C(F)(F)F)c3)nc3nc(-c4ccc(N5CCC(C(=O)O)CC5)cc4)[nH]c23)CCCC1. The highest BCUT2D eigenvalue weighted by molar-refractivity contribution is 5.91. The van der Waals surface area contributed by atoms with E-state index in [1.54, 1.807) is 13.2 Å². The second kappa shape index (κ2) is 12.8. The number of carboxylic acids is 1. The highest BCUT2D eigenvalue weighted by Gasteiger charge is 2.37. The first kappa shape index (κ1) is 32.2. The predicted octanol–water partition coefficient (Wildman–Crippen LogP) is 6.52. The van der Waals surface area contributed by atoms with Gasteiger partial charge in [-0.3, -0.25) is 4.79 Å². The van der Waals surface area contributed by atoms with Gasteiger partial charge in [0.25, 0.3) is 0 Å². The number of nitrogens with zero attached hydrogens (tertiary/aromatic N) is 6. The van der Waals surface area contributed by atoms with Gasteiger partial charge in [-0.2, -0.15) is 18.4 Å². The van der Waals surface area contributed by atoms with Crippen LogP contribution in [0.25, 0.3) is 33.8 Å². The van der Waals surface area contributed by atoms with Crippen molar-refractivity contribution in [1.82, 2.24) is 19.9 Å². The van der Waals surface area contributed by atoms with E-state index in [4.69, 9.17) is 9.72 Å². The summed E-state index contributed by atoms with van der Waals surface area (Å²) < 4.78 is 47.2. The second-order valence-corrected chi connectivity index (χ2v) is 12.7. The Morgan fingerprint density at radius 2 is 1.85 bits per heavy atom. The monoisotopic (exact) mass is 647 g/mol. The van der Waals surface area contributed by atoms with Gasteiger partial charge in [0.2, 0.25) is 0 Å². The number of nitriles is 1. The number of carbonyl (C=O) groups is 1. The third-order valence-electron chi connectivity index (χ3n) is 9.48. The lowest BCUT2D eigenvalue weighted by molar-refractivity contribution is -0.142. The molecule has 246 valence electrons. The lowest BCUT2D eigenvalue weighted by Gasteiger charge is -2.34. The van der Waals surface area contributed by atoms with Crippen molar-refractivity contribution in [2.45, 2.75) is 44.7 Å². The molecule has 1 aliphatic heterocycles. The Bertz CT molecular complexity index is 1800. The number of benzene rings is 1. The van der Waals surface area contributed by atoms with E-state index < -0.39 is 23.4 Å². The summed E-state index contributed by atoms with van der Waals surface area (Å²) >= 11 is 0. The number of aromatic nitrogens is 4. The minimum Gasteiger partial charge on any atom is -0.481 e. The number of rotatable bonds is 9. The number of nitrogens with one attached hydrogen (secondary N) is 1. The van der Waals surface area contributed by atoms with Crippen LogP contribution in [0.5, 0.6) is 0 Å². The maximum atomic E-state index is 13.8. The molecular formula is C34H36F3N7O3. The first-order valence-electron chi connectivity index (χ1n) is 15.7. The summed E-state index contributed by atoms with van der Waals surface area (Å²) in [6.45, 7) is 2.59. The number of ether oxygens (including phenoxy) is 1. The number of halogens is 3. The molecule has 1 saturated carbocycles. The molecule has 0 radical (unpaired) electrons. The summed E-state index contributed by atoms with van der Waals surface area (Å²) in [5.41, 5.74) is 2.01. The molecule has 3 aromatic heterocycles. The number of hydrogen-bond acceptors (Lipinski definition) is 8. The van der Waals surface area contributed by atoms with Gasteiger partial charge in [0, 0.05) is 62.2 Å². The molecule has 13 heteroatoms. The Labute approximate surface area is 270 Å². The number of anilines is 2. The van der Waals surface area contributed by atoms with Crippen LogP contribution >= 0.6 is 0 Å². The van der Waals surface area contributed by atoms with Crippen molar-refractivity contribution in [3.05, 3.63) is 53.9 Å². The van der Waals surface area contributed by atoms with Crippen molar-refractivity contribution in [1.29, 1.82) is 5.26 Å². The molecule has 6 rings (SSSR count). The maximum absolute atomic E-state index is 13.8. The van der Waals surface area contributed by atoms with Crippen molar-refractivity contribution in [2.75, 3.05) is 50.2 Å². The summed E-state index contributed by atoms with van der Waals surface area (Å²) in [6, 6.07) is 12.0. The molecule has 10 nitrogen and oxygen atoms in total. The molecule has 2 N–H and O–H groups in total. The first-order chi connectivity index (χ1) is 22.5. The third-order valence-corrected chi connectivity index (χ3v) is 9.48. The number of imidazole rings is 1. The van der Waals surface area contributed by atoms with Crippen molar-refractivity contribution in [3.8, 4) is 28.7 Å². The van der Waals surface area contributed by atoms with E-state index in [1.165, 1.54) is 12.3 Å². The van der Waals surface area contributed by atoms with Crippen molar-refractivity contribution in [3.63, 3.8) is 0 Å². The smallest absolute Gasteiger partial charge is 0.419 e. The molecule has 47 heavy (non-hydrogen) atoms. The van der Waals surface area contributed by atoms with Gasteiger partial charge in [0.15, 0.2) is 11.3 Å². The number of carboxylic acid groups (broad SMARTS) is 1. The van der Waals surface area contributed by atoms with Crippen molar-refractivity contribution in [2.24, 2.45) is 11.3 Å².